The van der Waals surface area contributed by atoms with E-state index in [9.17, 15) is 0 Å². The molecule has 1 rings (SSSR count). The van der Waals surface area contributed by atoms with Crippen molar-refractivity contribution in [2.24, 2.45) is 0 Å². The topological polar surface area (TPSA) is 41.6 Å². The number of nitriles is 1. The Bertz CT molecular complexity index is 285. The zero-order valence-electron chi connectivity index (χ0n) is 7.00. The van der Waals surface area contributed by atoms with Crippen LogP contribution in [-0.4, -0.2) is 9.55 Å². The Balaban J connectivity index is 3.01. The van der Waals surface area contributed by atoms with Crippen molar-refractivity contribution in [3.05, 3.63) is 18.2 Å². The molecule has 11 heavy (non-hydrogen) atoms. The highest BCUT2D eigenvalue weighted by molar-refractivity contribution is 5.16. The second-order valence-corrected chi connectivity index (χ2v) is 3.45. The number of hydrogen-bond acceptors (Lipinski definition) is 2. The molecule has 0 aliphatic rings. The molecule has 0 amide bonds. The molecule has 1 aromatic heterocycles. The summed E-state index contributed by atoms with van der Waals surface area (Å²) < 4.78 is 1.92. The van der Waals surface area contributed by atoms with Crippen LogP contribution in [0, 0.1) is 11.3 Å². The summed E-state index contributed by atoms with van der Waals surface area (Å²) in [5, 5.41) is 8.49. The maximum absolute atomic E-state index is 8.49. The molecule has 1 aromatic rings. The fraction of sp³-hybridized carbons (Fsp3) is 0.500. The van der Waals surface area contributed by atoms with Gasteiger partial charge in [0.25, 0.3) is 0 Å². The largest absolute Gasteiger partial charge is 0.331 e. The first-order valence-corrected chi connectivity index (χ1v) is 3.48. The molecular weight excluding hydrogens is 138 g/mol. The molecular formula is C8H11N3. The number of hydrogen-bond donors (Lipinski definition) is 0. The minimum absolute atomic E-state index is 0.0160. The van der Waals surface area contributed by atoms with E-state index in [2.05, 4.69) is 25.8 Å². The maximum Gasteiger partial charge on any atom is 0.158 e. The van der Waals surface area contributed by atoms with Gasteiger partial charge >= 0.3 is 0 Å². The zero-order valence-corrected chi connectivity index (χ0v) is 7.00. The van der Waals surface area contributed by atoms with Crippen molar-refractivity contribution in [1.29, 1.82) is 5.26 Å². The SMILES string of the molecule is CC(C)(C)n1cnc(C#N)c1. The third-order valence-corrected chi connectivity index (χ3v) is 1.47. The predicted molar refractivity (Wildman–Crippen MR) is 41.9 cm³/mol. The summed E-state index contributed by atoms with van der Waals surface area (Å²) in [6.07, 6.45) is 3.43. The van der Waals surface area contributed by atoms with E-state index in [-0.39, 0.29) is 5.54 Å². The van der Waals surface area contributed by atoms with E-state index in [1.165, 1.54) is 0 Å². The van der Waals surface area contributed by atoms with Crippen LogP contribution in [0.3, 0.4) is 0 Å². The van der Waals surface area contributed by atoms with Crippen molar-refractivity contribution in [3.63, 3.8) is 0 Å². The summed E-state index contributed by atoms with van der Waals surface area (Å²) in [7, 11) is 0. The minimum Gasteiger partial charge on any atom is -0.331 e. The lowest BCUT2D eigenvalue weighted by Gasteiger charge is -2.19. The van der Waals surface area contributed by atoms with Gasteiger partial charge in [0.15, 0.2) is 5.69 Å². The number of aromatic nitrogens is 2. The van der Waals surface area contributed by atoms with E-state index in [1.54, 1.807) is 12.5 Å². The van der Waals surface area contributed by atoms with Crippen LogP contribution < -0.4 is 0 Å². The van der Waals surface area contributed by atoms with Gasteiger partial charge in [0.2, 0.25) is 0 Å². The Kier molecular flexibility index (Phi) is 1.69. The van der Waals surface area contributed by atoms with Crippen molar-refractivity contribution in [2.45, 2.75) is 26.3 Å². The van der Waals surface area contributed by atoms with Crippen LogP contribution in [0.4, 0.5) is 0 Å². The molecule has 0 fully saturated rings. The molecule has 0 aliphatic heterocycles. The predicted octanol–water partition coefficient (Wildman–Crippen LogP) is 1.51. The van der Waals surface area contributed by atoms with Gasteiger partial charge in [0.1, 0.15) is 6.07 Å². The smallest absolute Gasteiger partial charge is 0.158 e. The highest BCUT2D eigenvalue weighted by atomic mass is 15.1. The van der Waals surface area contributed by atoms with Crippen LogP contribution in [-0.2, 0) is 5.54 Å². The Morgan fingerprint density at radius 3 is 2.45 bits per heavy atom. The minimum atomic E-state index is 0.0160. The van der Waals surface area contributed by atoms with Gasteiger partial charge in [-0.25, -0.2) is 4.98 Å². The summed E-state index contributed by atoms with van der Waals surface area (Å²) in [5.74, 6) is 0. The number of nitrogens with zero attached hydrogens (tertiary/aromatic N) is 3. The average molecular weight is 149 g/mol. The van der Waals surface area contributed by atoms with E-state index in [0.29, 0.717) is 5.69 Å². The van der Waals surface area contributed by atoms with Gasteiger partial charge in [0, 0.05) is 11.7 Å². The average Bonchev–Trinajstić information content (AvgIpc) is 2.32. The fourth-order valence-corrected chi connectivity index (χ4v) is 0.747. The third-order valence-electron chi connectivity index (χ3n) is 1.47. The summed E-state index contributed by atoms with van der Waals surface area (Å²) in [5.41, 5.74) is 0.488. The fourth-order valence-electron chi connectivity index (χ4n) is 0.747. The maximum atomic E-state index is 8.49. The molecule has 58 valence electrons. The lowest BCUT2D eigenvalue weighted by molar-refractivity contribution is 0.396. The molecule has 3 heteroatoms. The molecule has 0 atom stereocenters. The van der Waals surface area contributed by atoms with Gasteiger partial charge in [-0.1, -0.05) is 0 Å². The number of rotatable bonds is 0. The second-order valence-electron chi connectivity index (χ2n) is 3.45. The van der Waals surface area contributed by atoms with Crippen molar-refractivity contribution in [2.75, 3.05) is 0 Å². The summed E-state index contributed by atoms with van der Waals surface area (Å²) in [6, 6.07) is 1.99. The molecule has 0 saturated heterocycles. The molecule has 0 unspecified atom stereocenters. The van der Waals surface area contributed by atoms with Gasteiger partial charge < -0.3 is 4.57 Å². The lowest BCUT2D eigenvalue weighted by atomic mass is 10.1. The van der Waals surface area contributed by atoms with Gasteiger partial charge in [0.05, 0.1) is 6.33 Å². The molecule has 0 aliphatic carbocycles. The third kappa shape index (κ3) is 1.58. The second kappa shape index (κ2) is 2.39. The monoisotopic (exact) mass is 149 g/mol. The normalized spacial score (nSPS) is 11.1. The van der Waals surface area contributed by atoms with E-state index in [1.807, 2.05) is 10.6 Å². The van der Waals surface area contributed by atoms with E-state index in [4.69, 9.17) is 5.26 Å². The van der Waals surface area contributed by atoms with Crippen molar-refractivity contribution in [1.82, 2.24) is 9.55 Å². The Morgan fingerprint density at radius 1 is 1.55 bits per heavy atom. The van der Waals surface area contributed by atoms with Crippen LogP contribution in [0.25, 0.3) is 0 Å². The Hall–Kier alpha value is -1.30. The highest BCUT2D eigenvalue weighted by Gasteiger charge is 2.12. The first-order valence-electron chi connectivity index (χ1n) is 3.48. The lowest BCUT2D eigenvalue weighted by Crippen LogP contribution is -2.19. The van der Waals surface area contributed by atoms with Crippen LogP contribution >= 0.6 is 0 Å². The molecule has 3 nitrogen and oxygen atoms in total. The molecule has 0 radical (unpaired) electrons. The van der Waals surface area contributed by atoms with Crippen molar-refractivity contribution in [3.8, 4) is 6.07 Å². The summed E-state index contributed by atoms with van der Waals surface area (Å²) in [6.45, 7) is 6.20. The quantitative estimate of drug-likeness (QED) is 0.561. The van der Waals surface area contributed by atoms with Crippen LogP contribution in [0.5, 0.6) is 0 Å². The van der Waals surface area contributed by atoms with Crippen LogP contribution in [0.15, 0.2) is 12.5 Å². The molecule has 0 aromatic carbocycles. The first-order chi connectivity index (χ1) is 5.04. The van der Waals surface area contributed by atoms with E-state index in [0.717, 1.165) is 0 Å². The van der Waals surface area contributed by atoms with Gasteiger partial charge in [-0.2, -0.15) is 5.26 Å². The van der Waals surface area contributed by atoms with Gasteiger partial charge in [-0.3, -0.25) is 0 Å². The molecule has 0 N–H and O–H groups in total. The molecule has 0 bridgehead atoms. The van der Waals surface area contributed by atoms with Gasteiger partial charge in [-0.05, 0) is 20.8 Å². The number of imidazole rings is 1. The summed E-state index contributed by atoms with van der Waals surface area (Å²) >= 11 is 0. The summed E-state index contributed by atoms with van der Waals surface area (Å²) in [4.78, 5) is 3.90. The van der Waals surface area contributed by atoms with Gasteiger partial charge in [-0.15, -0.1) is 0 Å². The van der Waals surface area contributed by atoms with Crippen molar-refractivity contribution >= 4 is 0 Å². The zero-order chi connectivity index (χ0) is 8.48. The van der Waals surface area contributed by atoms with Crippen LogP contribution in [0.1, 0.15) is 26.5 Å². The Labute approximate surface area is 66.3 Å². The molecule has 0 spiro atoms. The van der Waals surface area contributed by atoms with Crippen molar-refractivity contribution < 1.29 is 0 Å². The standard InChI is InChI=1S/C8H11N3/c1-8(2,3)11-5-7(4-9)10-6-11/h5-6H,1-3H3. The molecule has 1 heterocycles. The highest BCUT2D eigenvalue weighted by Crippen LogP contribution is 2.12. The van der Waals surface area contributed by atoms with E-state index < -0.39 is 0 Å². The molecule has 0 saturated carbocycles. The van der Waals surface area contributed by atoms with Crippen LogP contribution in [0.2, 0.25) is 0 Å². The van der Waals surface area contributed by atoms with E-state index >= 15 is 0 Å². The Morgan fingerprint density at radius 2 is 2.18 bits per heavy atom. The first kappa shape index (κ1) is 7.80.